The van der Waals surface area contributed by atoms with Gasteiger partial charge in [0.1, 0.15) is 19.3 Å². The van der Waals surface area contributed by atoms with Gasteiger partial charge in [-0.25, -0.2) is 9.13 Å². The van der Waals surface area contributed by atoms with Crippen molar-refractivity contribution < 1.29 is 80.2 Å². The van der Waals surface area contributed by atoms with Crippen LogP contribution >= 0.6 is 15.6 Å². The van der Waals surface area contributed by atoms with Gasteiger partial charge in [-0.3, -0.25) is 37.3 Å². The Labute approximate surface area is 505 Å². The molecule has 0 heterocycles. The average Bonchev–Trinajstić information content (AvgIpc) is 3.47. The number of ether oxygens (including phenoxy) is 4. The first-order chi connectivity index (χ1) is 40.1. The SMILES string of the molecule is CCCCCCCCCCCCCCCCCC(=O)O[C@H](COC(=O)CCCCCCCCCCC(C)CC)COP(=O)(O)OC[C@@H](O)COP(=O)(O)OC[C@@H](COC(=O)CCCCCCCCCC)OC(=O)CCCCCCCCCC. The highest BCUT2D eigenvalue weighted by atomic mass is 31.2. The van der Waals surface area contributed by atoms with Crippen LogP contribution in [0.15, 0.2) is 0 Å². The Morgan fingerprint density at radius 3 is 0.855 bits per heavy atom. The number of hydrogen-bond acceptors (Lipinski definition) is 15. The molecule has 17 nitrogen and oxygen atoms in total. The number of carbonyl (C=O) groups excluding carboxylic acids is 4. The molecule has 492 valence electrons. The van der Waals surface area contributed by atoms with E-state index in [4.69, 9.17) is 37.0 Å². The normalized spacial score (nSPS) is 14.6. The van der Waals surface area contributed by atoms with Crippen LogP contribution in [0.1, 0.15) is 324 Å². The quantitative estimate of drug-likeness (QED) is 0.0222. The third kappa shape index (κ3) is 57.6. The van der Waals surface area contributed by atoms with Gasteiger partial charge in [0.15, 0.2) is 12.2 Å². The van der Waals surface area contributed by atoms with Crippen molar-refractivity contribution in [2.75, 3.05) is 39.6 Å². The van der Waals surface area contributed by atoms with E-state index in [1.54, 1.807) is 0 Å². The molecule has 0 radical (unpaired) electrons. The van der Waals surface area contributed by atoms with E-state index < -0.39 is 97.5 Å². The summed E-state index contributed by atoms with van der Waals surface area (Å²) < 4.78 is 67.9. The fourth-order valence-corrected chi connectivity index (χ4v) is 11.1. The molecule has 0 spiro atoms. The highest BCUT2D eigenvalue weighted by Crippen LogP contribution is 2.45. The summed E-state index contributed by atoms with van der Waals surface area (Å²) in [5.74, 6) is -1.36. The fraction of sp³-hybridized carbons (Fsp3) is 0.938. The fourth-order valence-electron chi connectivity index (χ4n) is 9.55. The number of aliphatic hydroxyl groups excluding tert-OH is 1. The summed E-state index contributed by atoms with van der Waals surface area (Å²) in [5.41, 5.74) is 0. The molecule has 0 aliphatic rings. The first kappa shape index (κ1) is 81.1. The largest absolute Gasteiger partial charge is 0.472 e. The monoisotopic (exact) mass is 1230 g/mol. The molecule has 0 bridgehead atoms. The zero-order valence-electron chi connectivity index (χ0n) is 53.3. The van der Waals surface area contributed by atoms with E-state index in [9.17, 15) is 43.2 Å². The van der Waals surface area contributed by atoms with E-state index in [2.05, 4.69) is 34.6 Å². The van der Waals surface area contributed by atoms with Gasteiger partial charge in [0.05, 0.1) is 26.4 Å². The molecule has 0 saturated carbocycles. The predicted octanol–water partition coefficient (Wildman–Crippen LogP) is 17.8. The molecule has 0 rings (SSSR count). The van der Waals surface area contributed by atoms with Gasteiger partial charge in [0.2, 0.25) is 0 Å². The molecule has 0 aromatic rings. The van der Waals surface area contributed by atoms with Crippen LogP contribution in [0.2, 0.25) is 0 Å². The number of hydrogen-bond donors (Lipinski definition) is 3. The van der Waals surface area contributed by atoms with E-state index in [-0.39, 0.29) is 25.7 Å². The van der Waals surface area contributed by atoms with Crippen LogP contribution in [0.5, 0.6) is 0 Å². The standard InChI is InChI=1S/C64H124O17P2/c1-6-10-13-16-19-22-23-24-25-26-27-28-35-40-45-50-64(69)81-60(54-75-62(67)48-43-38-34-30-29-31-36-41-46-57(5)9-4)56-79-83(72,73)77-52-58(65)51-76-82(70,71)78-55-59(80-63(68)49-44-39-33-21-18-15-12-8-3)53-74-61(66)47-42-37-32-20-17-14-11-7-2/h57-60,65H,6-56H2,1-5H3,(H,70,71)(H,72,73)/t57?,58-,59+,60+/m0/s1. The topological polar surface area (TPSA) is 237 Å². The lowest BCUT2D eigenvalue weighted by molar-refractivity contribution is -0.161. The molecule has 19 heteroatoms. The molecule has 83 heavy (non-hydrogen) atoms. The number of aliphatic hydroxyl groups is 1. The lowest BCUT2D eigenvalue weighted by atomic mass is 9.99. The van der Waals surface area contributed by atoms with Gasteiger partial charge in [0.25, 0.3) is 0 Å². The van der Waals surface area contributed by atoms with E-state index in [0.29, 0.717) is 25.7 Å². The zero-order valence-corrected chi connectivity index (χ0v) is 55.1. The van der Waals surface area contributed by atoms with Gasteiger partial charge < -0.3 is 33.8 Å². The van der Waals surface area contributed by atoms with Crippen molar-refractivity contribution in [3.63, 3.8) is 0 Å². The van der Waals surface area contributed by atoms with Gasteiger partial charge >= 0.3 is 39.5 Å². The Morgan fingerprint density at radius 1 is 0.337 bits per heavy atom. The van der Waals surface area contributed by atoms with Crippen LogP contribution in [0.4, 0.5) is 0 Å². The van der Waals surface area contributed by atoms with Gasteiger partial charge in [-0.05, 0) is 31.6 Å². The van der Waals surface area contributed by atoms with Crippen molar-refractivity contribution in [3.8, 4) is 0 Å². The number of phosphoric acid groups is 2. The number of rotatable bonds is 64. The third-order valence-electron chi connectivity index (χ3n) is 15.1. The van der Waals surface area contributed by atoms with Crippen molar-refractivity contribution in [2.45, 2.75) is 342 Å². The van der Waals surface area contributed by atoms with Crippen molar-refractivity contribution in [2.24, 2.45) is 5.92 Å². The summed E-state index contributed by atoms with van der Waals surface area (Å²) in [6.07, 6.45) is 41.7. The van der Waals surface area contributed by atoms with Gasteiger partial charge in [-0.2, -0.15) is 0 Å². The molecule has 0 aliphatic heterocycles. The molecule has 6 atom stereocenters. The minimum atomic E-state index is -4.94. The van der Waals surface area contributed by atoms with Crippen molar-refractivity contribution >= 4 is 39.5 Å². The second-order valence-electron chi connectivity index (χ2n) is 23.4. The minimum absolute atomic E-state index is 0.105. The molecule has 0 amide bonds. The Balaban J connectivity index is 5.21. The summed E-state index contributed by atoms with van der Waals surface area (Å²) >= 11 is 0. The molecular formula is C64H124O17P2. The first-order valence-electron chi connectivity index (χ1n) is 33.7. The Kier molecular flexibility index (Phi) is 56.4. The lowest BCUT2D eigenvalue weighted by Gasteiger charge is -2.21. The van der Waals surface area contributed by atoms with Crippen molar-refractivity contribution in [3.05, 3.63) is 0 Å². The zero-order chi connectivity index (χ0) is 61.3. The van der Waals surface area contributed by atoms with Crippen LogP contribution in [0.25, 0.3) is 0 Å². The maximum Gasteiger partial charge on any atom is 0.472 e. The molecular weight excluding hydrogens is 1100 g/mol. The Bertz CT molecular complexity index is 1620. The smallest absolute Gasteiger partial charge is 0.462 e. The summed E-state index contributed by atoms with van der Waals surface area (Å²) in [5, 5.41) is 10.5. The molecule has 0 fully saturated rings. The van der Waals surface area contributed by atoms with Crippen molar-refractivity contribution in [1.29, 1.82) is 0 Å². The van der Waals surface area contributed by atoms with Crippen LogP contribution in [-0.2, 0) is 65.4 Å². The summed E-state index contributed by atoms with van der Waals surface area (Å²) in [7, 11) is -9.88. The second kappa shape index (κ2) is 57.8. The van der Waals surface area contributed by atoms with Gasteiger partial charge in [-0.15, -0.1) is 0 Å². The molecule has 0 aromatic carbocycles. The highest BCUT2D eigenvalue weighted by Gasteiger charge is 2.30. The predicted molar refractivity (Wildman–Crippen MR) is 331 cm³/mol. The average molecular weight is 1230 g/mol. The van der Waals surface area contributed by atoms with Gasteiger partial charge in [-0.1, -0.05) is 272 Å². The number of esters is 4. The molecule has 3 unspecified atom stereocenters. The Hall–Kier alpha value is -1.94. The molecule has 0 saturated heterocycles. The van der Waals surface area contributed by atoms with E-state index in [1.807, 2.05) is 0 Å². The number of carbonyl (C=O) groups is 4. The van der Waals surface area contributed by atoms with E-state index in [1.165, 1.54) is 135 Å². The van der Waals surface area contributed by atoms with Crippen LogP contribution < -0.4 is 0 Å². The molecule has 0 aliphatic carbocycles. The molecule has 0 aromatic heterocycles. The van der Waals surface area contributed by atoms with Crippen LogP contribution in [0.3, 0.4) is 0 Å². The minimum Gasteiger partial charge on any atom is -0.462 e. The summed E-state index contributed by atoms with van der Waals surface area (Å²) in [6.45, 7) is 7.15. The van der Waals surface area contributed by atoms with E-state index >= 15 is 0 Å². The number of unbranched alkanes of at least 4 members (excludes halogenated alkanes) is 35. The second-order valence-corrected chi connectivity index (χ2v) is 26.3. The first-order valence-corrected chi connectivity index (χ1v) is 36.7. The van der Waals surface area contributed by atoms with Gasteiger partial charge in [0, 0.05) is 25.7 Å². The highest BCUT2D eigenvalue weighted by molar-refractivity contribution is 7.47. The lowest BCUT2D eigenvalue weighted by Crippen LogP contribution is -2.30. The summed E-state index contributed by atoms with van der Waals surface area (Å²) in [4.78, 5) is 72.1. The maximum absolute atomic E-state index is 13.0. The molecule has 3 N–H and O–H groups in total. The maximum atomic E-state index is 13.0. The number of phosphoric ester groups is 2. The van der Waals surface area contributed by atoms with Crippen molar-refractivity contribution in [1.82, 2.24) is 0 Å². The third-order valence-corrected chi connectivity index (χ3v) is 17.0. The van der Waals surface area contributed by atoms with E-state index in [0.717, 1.165) is 109 Å². The Morgan fingerprint density at radius 2 is 0.578 bits per heavy atom. The summed E-state index contributed by atoms with van der Waals surface area (Å²) in [6, 6.07) is 0. The van der Waals surface area contributed by atoms with Crippen LogP contribution in [0, 0.1) is 5.92 Å². The van der Waals surface area contributed by atoms with Crippen LogP contribution in [-0.4, -0.2) is 96.7 Å².